The third-order valence-electron chi connectivity index (χ3n) is 13.9. The molecule has 1 aromatic heterocycles. The quantitative estimate of drug-likeness (QED) is 0.167. The summed E-state index contributed by atoms with van der Waals surface area (Å²) in [6.07, 6.45) is 0. The highest BCUT2D eigenvalue weighted by molar-refractivity contribution is 6.08. The molecule has 1 heterocycles. The lowest BCUT2D eigenvalue weighted by Gasteiger charge is -2.30. The van der Waals surface area contributed by atoms with Crippen molar-refractivity contribution in [2.45, 2.75) is 104 Å². The highest BCUT2D eigenvalue weighted by atomic mass is 16.3. The second-order valence-electron chi connectivity index (χ2n) is 20.2. The summed E-state index contributed by atoms with van der Waals surface area (Å²) in [4.78, 5) is 2.47. The molecule has 0 aliphatic heterocycles. The van der Waals surface area contributed by atoms with E-state index in [1.54, 1.807) is 0 Å². The third kappa shape index (κ3) is 5.74. The van der Waals surface area contributed by atoms with Crippen molar-refractivity contribution in [2.24, 2.45) is 0 Å². The van der Waals surface area contributed by atoms with E-state index in [0.29, 0.717) is 11.8 Å². The second-order valence-corrected chi connectivity index (χ2v) is 20.2. The van der Waals surface area contributed by atoms with E-state index in [2.05, 4.69) is 215 Å². The smallest absolute Gasteiger partial charge is 0.138 e. The topological polar surface area (TPSA) is 16.4 Å². The SMILES string of the molecule is CC(C)c1cc(C(C)C)c2oc3ccc(-c4ccc(N(c5ccc6c(c5)C(C)(C)c5ccccc5-6)c5ccc6c(c5)C(C)(C)c5cccc(C(C)(C)C)c5-6)cc4)cc3c2c1. The molecule has 0 saturated heterocycles. The van der Waals surface area contributed by atoms with Crippen LogP contribution in [0.2, 0.25) is 0 Å². The summed E-state index contributed by atoms with van der Waals surface area (Å²) in [7, 11) is 0. The lowest BCUT2D eigenvalue weighted by atomic mass is 9.79. The maximum atomic E-state index is 6.57. The zero-order chi connectivity index (χ0) is 42.0. The van der Waals surface area contributed by atoms with Gasteiger partial charge in [0.25, 0.3) is 0 Å². The zero-order valence-electron chi connectivity index (χ0n) is 37.2. The van der Waals surface area contributed by atoms with Crippen LogP contribution in [0.1, 0.15) is 127 Å². The Morgan fingerprint density at radius 2 is 1.10 bits per heavy atom. The monoisotopic (exact) mass is 783 g/mol. The van der Waals surface area contributed by atoms with Crippen LogP contribution in [0.5, 0.6) is 0 Å². The maximum absolute atomic E-state index is 6.57. The van der Waals surface area contributed by atoms with Gasteiger partial charge in [-0.05, 0) is 144 Å². The van der Waals surface area contributed by atoms with Gasteiger partial charge in [0.15, 0.2) is 0 Å². The van der Waals surface area contributed by atoms with E-state index in [1.165, 1.54) is 94.5 Å². The average molecular weight is 784 g/mol. The van der Waals surface area contributed by atoms with Gasteiger partial charge >= 0.3 is 0 Å². The number of fused-ring (bicyclic) bond motifs is 9. The minimum Gasteiger partial charge on any atom is -0.456 e. The number of anilines is 3. The molecule has 0 amide bonds. The fourth-order valence-corrected chi connectivity index (χ4v) is 10.5. The van der Waals surface area contributed by atoms with E-state index in [4.69, 9.17) is 4.42 Å². The molecule has 2 nitrogen and oxygen atoms in total. The maximum Gasteiger partial charge on any atom is 0.138 e. The number of hydrogen-bond donors (Lipinski definition) is 0. The minimum atomic E-state index is -0.138. The van der Waals surface area contributed by atoms with Crippen LogP contribution in [0.15, 0.2) is 138 Å². The predicted molar refractivity (Wildman–Crippen MR) is 256 cm³/mol. The summed E-state index contributed by atoms with van der Waals surface area (Å²) in [5, 5.41) is 2.39. The number of benzene rings is 7. The molecule has 2 heteroatoms. The van der Waals surface area contributed by atoms with E-state index >= 15 is 0 Å². The Kier molecular flexibility index (Phi) is 8.51. The van der Waals surface area contributed by atoms with Crippen LogP contribution >= 0.6 is 0 Å². The van der Waals surface area contributed by atoms with E-state index < -0.39 is 0 Å². The van der Waals surface area contributed by atoms with Gasteiger partial charge in [0.2, 0.25) is 0 Å². The van der Waals surface area contributed by atoms with Crippen LogP contribution in [-0.4, -0.2) is 0 Å². The van der Waals surface area contributed by atoms with Crippen LogP contribution < -0.4 is 4.90 Å². The standard InChI is InChI=1S/C58H57NO/c1-34(2)38-30-45(35(3)4)55-47(31-38)46-29-37(21-28-53(46)60-55)36-19-22-39(23-20-36)59(40-24-26-43-42-15-12-13-16-48(42)57(8,9)51(43)32-40)41-25-27-44-52(33-41)58(10,11)50-18-14-17-49(54(44)50)56(5,6)7/h12-35H,1-11H3. The molecule has 0 atom stereocenters. The van der Waals surface area contributed by atoms with Gasteiger partial charge < -0.3 is 9.32 Å². The molecule has 2 aliphatic rings. The Morgan fingerprint density at radius 1 is 0.500 bits per heavy atom. The summed E-state index contributed by atoms with van der Waals surface area (Å²) < 4.78 is 6.57. The van der Waals surface area contributed by atoms with Crippen LogP contribution in [0.4, 0.5) is 17.1 Å². The molecule has 300 valence electrons. The summed E-state index contributed by atoms with van der Waals surface area (Å²) in [5.41, 5.74) is 22.6. The van der Waals surface area contributed by atoms with Gasteiger partial charge in [-0.3, -0.25) is 0 Å². The first-order valence-corrected chi connectivity index (χ1v) is 22.0. The number of furan rings is 1. The van der Waals surface area contributed by atoms with Gasteiger partial charge in [-0.1, -0.05) is 155 Å². The highest BCUT2D eigenvalue weighted by Crippen LogP contribution is 2.55. The number of hydrogen-bond acceptors (Lipinski definition) is 2. The van der Waals surface area contributed by atoms with E-state index in [9.17, 15) is 0 Å². The highest BCUT2D eigenvalue weighted by Gasteiger charge is 2.40. The molecule has 0 bridgehead atoms. The lowest BCUT2D eigenvalue weighted by molar-refractivity contribution is 0.589. The Bertz CT molecular complexity index is 3020. The van der Waals surface area contributed by atoms with Gasteiger partial charge in [0.05, 0.1) is 0 Å². The molecule has 0 unspecified atom stereocenters. The van der Waals surface area contributed by atoms with Gasteiger partial charge in [-0.15, -0.1) is 0 Å². The van der Waals surface area contributed by atoms with Crippen molar-refractivity contribution in [1.29, 1.82) is 0 Å². The van der Waals surface area contributed by atoms with Crippen LogP contribution in [-0.2, 0) is 16.2 Å². The van der Waals surface area contributed by atoms with Crippen molar-refractivity contribution >= 4 is 39.0 Å². The number of rotatable bonds is 6. The summed E-state index contributed by atoms with van der Waals surface area (Å²) in [6.45, 7) is 25.6. The third-order valence-corrected chi connectivity index (χ3v) is 13.9. The lowest BCUT2D eigenvalue weighted by Crippen LogP contribution is -2.18. The Labute approximate surface area is 356 Å². The van der Waals surface area contributed by atoms with Gasteiger partial charge in [-0.2, -0.15) is 0 Å². The molecule has 0 spiro atoms. The van der Waals surface area contributed by atoms with Crippen molar-refractivity contribution in [1.82, 2.24) is 0 Å². The molecule has 7 aromatic carbocycles. The number of nitrogens with zero attached hydrogens (tertiary/aromatic N) is 1. The van der Waals surface area contributed by atoms with Crippen molar-refractivity contribution < 1.29 is 4.42 Å². The molecule has 10 rings (SSSR count). The van der Waals surface area contributed by atoms with Gasteiger partial charge in [0, 0.05) is 38.7 Å². The summed E-state index contributed by atoms with van der Waals surface area (Å²) in [6, 6.07) is 50.8. The van der Waals surface area contributed by atoms with Crippen LogP contribution in [0, 0.1) is 0 Å². The Morgan fingerprint density at radius 3 is 1.78 bits per heavy atom. The molecule has 2 aliphatic carbocycles. The first-order valence-electron chi connectivity index (χ1n) is 22.0. The van der Waals surface area contributed by atoms with Crippen LogP contribution in [0.25, 0.3) is 55.3 Å². The predicted octanol–water partition coefficient (Wildman–Crippen LogP) is 16.9. The first-order chi connectivity index (χ1) is 28.5. The van der Waals surface area contributed by atoms with Crippen molar-refractivity contribution in [3.05, 3.63) is 172 Å². The molecule has 0 saturated carbocycles. The van der Waals surface area contributed by atoms with Crippen molar-refractivity contribution in [3.63, 3.8) is 0 Å². The second kappa shape index (κ2) is 13.3. The molecular formula is C58H57NO. The van der Waals surface area contributed by atoms with Gasteiger partial charge in [-0.25, -0.2) is 0 Å². The molecule has 0 fully saturated rings. The molecular weight excluding hydrogens is 727 g/mol. The summed E-state index contributed by atoms with van der Waals surface area (Å²) in [5.74, 6) is 0.817. The molecule has 0 radical (unpaired) electrons. The van der Waals surface area contributed by atoms with E-state index in [1.807, 2.05) is 0 Å². The minimum absolute atomic E-state index is 0.0353. The zero-order valence-corrected chi connectivity index (χ0v) is 37.2. The average Bonchev–Trinajstić information content (AvgIpc) is 3.79. The van der Waals surface area contributed by atoms with E-state index in [-0.39, 0.29) is 16.2 Å². The normalized spacial score (nSPS) is 14.8. The fraction of sp³-hybridized carbons (Fsp3) is 0.276. The van der Waals surface area contributed by atoms with Crippen molar-refractivity contribution in [3.8, 4) is 33.4 Å². The molecule has 60 heavy (non-hydrogen) atoms. The largest absolute Gasteiger partial charge is 0.456 e. The molecule has 0 N–H and O–H groups in total. The molecule has 8 aromatic rings. The van der Waals surface area contributed by atoms with Crippen molar-refractivity contribution in [2.75, 3.05) is 4.90 Å². The van der Waals surface area contributed by atoms with Gasteiger partial charge in [0.1, 0.15) is 11.2 Å². The first kappa shape index (κ1) is 38.3. The van der Waals surface area contributed by atoms with E-state index in [0.717, 1.165) is 16.9 Å². The Hall–Kier alpha value is -5.86. The van der Waals surface area contributed by atoms with Crippen LogP contribution in [0.3, 0.4) is 0 Å². The fourth-order valence-electron chi connectivity index (χ4n) is 10.5. The summed E-state index contributed by atoms with van der Waals surface area (Å²) >= 11 is 0. The Balaban J connectivity index is 1.11.